The summed E-state index contributed by atoms with van der Waals surface area (Å²) in [7, 11) is 0. The first-order chi connectivity index (χ1) is 13.6. The highest BCUT2D eigenvalue weighted by Gasteiger charge is 2.15. The zero-order valence-corrected chi connectivity index (χ0v) is 18.7. The third kappa shape index (κ3) is 19.7. The Hall–Kier alpha value is -1.06. The van der Waals surface area contributed by atoms with Gasteiger partial charge in [0.15, 0.2) is 0 Å². The maximum Gasteiger partial charge on any atom is 0.306 e. The van der Waals surface area contributed by atoms with Gasteiger partial charge < -0.3 is 9.84 Å². The number of esters is 1. The summed E-state index contributed by atoms with van der Waals surface area (Å²) in [5, 5.41) is 9.23. The Balaban J connectivity index is 3.23. The van der Waals surface area contributed by atoms with Crippen molar-refractivity contribution in [3.8, 4) is 0 Å². The van der Waals surface area contributed by atoms with E-state index in [1.807, 2.05) is 0 Å². The molecular formula is C24H46O4. The molecule has 0 aliphatic rings. The lowest BCUT2D eigenvalue weighted by molar-refractivity contribution is -0.142. The molecule has 0 fully saturated rings. The number of carboxylic acid groups (broad SMARTS) is 1. The molecule has 28 heavy (non-hydrogen) atoms. The van der Waals surface area contributed by atoms with E-state index in [-0.39, 0.29) is 11.9 Å². The van der Waals surface area contributed by atoms with Crippen LogP contribution in [-0.2, 0) is 14.3 Å². The predicted octanol–water partition coefficient (Wildman–Crippen LogP) is 7.29. The van der Waals surface area contributed by atoms with Gasteiger partial charge in [-0.15, -0.1) is 0 Å². The van der Waals surface area contributed by atoms with Crippen molar-refractivity contribution in [1.82, 2.24) is 0 Å². The molecular weight excluding hydrogens is 352 g/mol. The predicted molar refractivity (Wildman–Crippen MR) is 117 cm³/mol. The van der Waals surface area contributed by atoms with Crippen LogP contribution in [0.1, 0.15) is 129 Å². The largest absolute Gasteiger partial charge is 0.481 e. The molecule has 0 aromatic carbocycles. The Morgan fingerprint density at radius 2 is 1.07 bits per heavy atom. The van der Waals surface area contributed by atoms with Crippen LogP contribution < -0.4 is 0 Å². The van der Waals surface area contributed by atoms with E-state index >= 15 is 0 Å². The number of hydrogen-bond acceptors (Lipinski definition) is 3. The quantitative estimate of drug-likeness (QED) is 0.163. The van der Waals surface area contributed by atoms with Crippen LogP contribution >= 0.6 is 0 Å². The Labute approximate surface area is 173 Å². The fourth-order valence-corrected chi connectivity index (χ4v) is 3.67. The molecule has 0 aromatic heterocycles. The summed E-state index contributed by atoms with van der Waals surface area (Å²) < 4.78 is 4.93. The van der Waals surface area contributed by atoms with Crippen LogP contribution in [0.4, 0.5) is 0 Å². The van der Waals surface area contributed by atoms with E-state index in [1.54, 1.807) is 0 Å². The van der Waals surface area contributed by atoms with Gasteiger partial charge in [-0.3, -0.25) is 9.59 Å². The monoisotopic (exact) mass is 398 g/mol. The van der Waals surface area contributed by atoms with Crippen molar-refractivity contribution in [2.24, 2.45) is 5.92 Å². The molecule has 0 aliphatic heterocycles. The summed E-state index contributed by atoms with van der Waals surface area (Å²) in [6, 6.07) is 0. The molecule has 0 aliphatic carbocycles. The SMILES string of the molecule is CCCCC(CCCCCCCCCCCCCCCCOC(C)=O)C(=O)O. The smallest absolute Gasteiger partial charge is 0.306 e. The first-order valence-corrected chi connectivity index (χ1v) is 11.9. The minimum absolute atomic E-state index is 0.117. The van der Waals surface area contributed by atoms with Gasteiger partial charge in [0.25, 0.3) is 0 Å². The summed E-state index contributed by atoms with van der Waals surface area (Å²) in [6.07, 6.45) is 21.4. The number of unbranched alkanes of at least 4 members (excludes halogenated alkanes) is 14. The average Bonchev–Trinajstić information content (AvgIpc) is 2.66. The lowest BCUT2D eigenvalue weighted by Crippen LogP contribution is -2.13. The van der Waals surface area contributed by atoms with E-state index in [1.165, 1.54) is 84.0 Å². The van der Waals surface area contributed by atoms with Crippen molar-refractivity contribution >= 4 is 11.9 Å². The zero-order valence-electron chi connectivity index (χ0n) is 18.7. The molecule has 1 N–H and O–H groups in total. The van der Waals surface area contributed by atoms with Gasteiger partial charge in [0, 0.05) is 6.92 Å². The number of hydrogen-bond donors (Lipinski definition) is 1. The second kappa shape index (κ2) is 20.7. The van der Waals surface area contributed by atoms with Crippen molar-refractivity contribution in [3.05, 3.63) is 0 Å². The lowest BCUT2D eigenvalue weighted by Gasteiger charge is -2.11. The number of ether oxygens (including phenoxy) is 1. The normalized spacial score (nSPS) is 12.1. The van der Waals surface area contributed by atoms with Gasteiger partial charge in [-0.05, 0) is 19.3 Å². The third-order valence-electron chi connectivity index (χ3n) is 5.51. The maximum atomic E-state index is 11.2. The Bertz CT molecular complexity index is 368. The van der Waals surface area contributed by atoms with E-state index < -0.39 is 5.97 Å². The van der Waals surface area contributed by atoms with Gasteiger partial charge in [0.2, 0.25) is 0 Å². The topological polar surface area (TPSA) is 63.6 Å². The van der Waals surface area contributed by atoms with Gasteiger partial charge in [0.05, 0.1) is 12.5 Å². The van der Waals surface area contributed by atoms with Crippen molar-refractivity contribution in [3.63, 3.8) is 0 Å². The summed E-state index contributed by atoms with van der Waals surface area (Å²) in [5.74, 6) is -0.890. The molecule has 0 rings (SSSR count). The van der Waals surface area contributed by atoms with Crippen LogP contribution in [0, 0.1) is 5.92 Å². The number of carbonyl (C=O) groups excluding carboxylic acids is 1. The zero-order chi connectivity index (χ0) is 20.9. The van der Waals surface area contributed by atoms with Crippen LogP contribution in [0.3, 0.4) is 0 Å². The first kappa shape index (κ1) is 26.9. The van der Waals surface area contributed by atoms with Crippen molar-refractivity contribution in [2.45, 2.75) is 129 Å². The third-order valence-corrected chi connectivity index (χ3v) is 5.51. The Kier molecular flexibility index (Phi) is 19.9. The molecule has 166 valence electrons. The molecule has 0 saturated carbocycles. The summed E-state index contributed by atoms with van der Waals surface area (Å²) in [6.45, 7) is 4.16. The number of carbonyl (C=O) groups is 2. The van der Waals surface area contributed by atoms with Crippen molar-refractivity contribution in [1.29, 1.82) is 0 Å². The van der Waals surface area contributed by atoms with Gasteiger partial charge in [-0.2, -0.15) is 0 Å². The van der Waals surface area contributed by atoms with E-state index in [0.717, 1.165) is 38.5 Å². The summed E-state index contributed by atoms with van der Waals surface area (Å²) in [4.78, 5) is 21.8. The standard InChI is InChI=1S/C24H46O4/c1-3-4-19-23(24(26)27)20-17-15-13-11-9-7-5-6-8-10-12-14-16-18-21-28-22(2)25/h23H,3-21H2,1-2H3,(H,26,27). The number of rotatable bonds is 21. The Morgan fingerprint density at radius 3 is 1.46 bits per heavy atom. The van der Waals surface area contributed by atoms with E-state index in [2.05, 4.69) is 6.92 Å². The Morgan fingerprint density at radius 1 is 0.679 bits per heavy atom. The van der Waals surface area contributed by atoms with Crippen LogP contribution in [0.2, 0.25) is 0 Å². The fraction of sp³-hybridized carbons (Fsp3) is 0.917. The van der Waals surface area contributed by atoms with Crippen LogP contribution in [0.5, 0.6) is 0 Å². The highest BCUT2D eigenvalue weighted by Crippen LogP contribution is 2.18. The van der Waals surface area contributed by atoms with Gasteiger partial charge >= 0.3 is 11.9 Å². The molecule has 0 bridgehead atoms. The fourth-order valence-electron chi connectivity index (χ4n) is 3.67. The minimum atomic E-state index is -0.601. The molecule has 4 heteroatoms. The molecule has 4 nitrogen and oxygen atoms in total. The van der Waals surface area contributed by atoms with E-state index in [0.29, 0.717) is 6.61 Å². The molecule has 1 unspecified atom stereocenters. The molecule has 0 spiro atoms. The van der Waals surface area contributed by atoms with Gasteiger partial charge in [0.1, 0.15) is 0 Å². The van der Waals surface area contributed by atoms with Gasteiger partial charge in [-0.25, -0.2) is 0 Å². The van der Waals surface area contributed by atoms with Crippen molar-refractivity contribution < 1.29 is 19.4 Å². The summed E-state index contributed by atoms with van der Waals surface area (Å²) in [5.41, 5.74) is 0. The molecule has 0 heterocycles. The number of aliphatic carboxylic acids is 1. The van der Waals surface area contributed by atoms with Crippen molar-refractivity contribution in [2.75, 3.05) is 6.61 Å². The molecule has 1 atom stereocenters. The molecule has 0 aromatic rings. The highest BCUT2D eigenvalue weighted by atomic mass is 16.5. The first-order valence-electron chi connectivity index (χ1n) is 11.9. The molecule has 0 amide bonds. The minimum Gasteiger partial charge on any atom is -0.481 e. The lowest BCUT2D eigenvalue weighted by atomic mass is 9.95. The van der Waals surface area contributed by atoms with E-state index in [9.17, 15) is 14.7 Å². The second-order valence-electron chi connectivity index (χ2n) is 8.26. The maximum absolute atomic E-state index is 11.2. The van der Waals surface area contributed by atoms with Gasteiger partial charge in [-0.1, -0.05) is 103 Å². The van der Waals surface area contributed by atoms with Crippen LogP contribution in [-0.4, -0.2) is 23.7 Å². The second-order valence-corrected chi connectivity index (χ2v) is 8.26. The van der Waals surface area contributed by atoms with E-state index in [4.69, 9.17) is 4.74 Å². The molecule has 0 radical (unpaired) electrons. The molecule has 0 saturated heterocycles. The van der Waals surface area contributed by atoms with Crippen LogP contribution in [0.15, 0.2) is 0 Å². The summed E-state index contributed by atoms with van der Waals surface area (Å²) >= 11 is 0. The number of carboxylic acids is 1. The van der Waals surface area contributed by atoms with Crippen LogP contribution in [0.25, 0.3) is 0 Å². The average molecular weight is 399 g/mol. The highest BCUT2D eigenvalue weighted by molar-refractivity contribution is 5.69.